The van der Waals surface area contributed by atoms with Crippen molar-refractivity contribution in [1.29, 1.82) is 0 Å². The van der Waals surface area contributed by atoms with Crippen LogP contribution in [-0.4, -0.2) is 64.9 Å². The van der Waals surface area contributed by atoms with Gasteiger partial charge >= 0.3 is 0 Å². The summed E-state index contributed by atoms with van der Waals surface area (Å²) in [5.41, 5.74) is 0.635. The van der Waals surface area contributed by atoms with E-state index in [4.69, 9.17) is 16.3 Å². The van der Waals surface area contributed by atoms with Crippen LogP contribution in [0.15, 0.2) is 23.2 Å². The quantitative estimate of drug-likeness (QED) is 0.516. The molecule has 0 aliphatic carbocycles. The summed E-state index contributed by atoms with van der Waals surface area (Å²) >= 11 is 6.19. The molecule has 1 aromatic carbocycles. The fourth-order valence-corrected chi connectivity index (χ4v) is 2.81. The summed E-state index contributed by atoms with van der Waals surface area (Å²) < 4.78 is 18.3. The van der Waals surface area contributed by atoms with Gasteiger partial charge in [-0.2, -0.15) is 0 Å². The average molecular weight is 373 g/mol. The van der Waals surface area contributed by atoms with E-state index < -0.39 is 0 Å². The number of rotatable bonds is 9. The Labute approximate surface area is 155 Å². The second-order valence-electron chi connectivity index (χ2n) is 6.66. The van der Waals surface area contributed by atoms with E-state index in [1.165, 1.54) is 12.1 Å². The van der Waals surface area contributed by atoms with Gasteiger partial charge in [0.2, 0.25) is 0 Å². The molecule has 0 saturated carbocycles. The largest absolute Gasteiger partial charge is 0.383 e. The van der Waals surface area contributed by atoms with E-state index in [0.29, 0.717) is 11.6 Å². The number of guanidine groups is 1. The van der Waals surface area contributed by atoms with Crippen LogP contribution in [0.2, 0.25) is 5.02 Å². The molecule has 25 heavy (non-hydrogen) atoms. The summed E-state index contributed by atoms with van der Waals surface area (Å²) in [5, 5.41) is 7.04. The Hall–Kier alpha value is -1.37. The molecule has 0 spiro atoms. The zero-order valence-electron chi connectivity index (χ0n) is 15.8. The number of hydrogen-bond donors (Lipinski definition) is 2. The number of nitrogens with zero attached hydrogens (tertiary/aromatic N) is 2. The Kier molecular flexibility index (Phi) is 9.17. The van der Waals surface area contributed by atoms with E-state index in [1.54, 1.807) is 20.2 Å². The van der Waals surface area contributed by atoms with E-state index in [-0.39, 0.29) is 11.2 Å². The first-order chi connectivity index (χ1) is 11.8. The molecule has 0 amide bonds. The van der Waals surface area contributed by atoms with Gasteiger partial charge in [0.1, 0.15) is 5.82 Å². The van der Waals surface area contributed by atoms with Crippen LogP contribution in [0, 0.1) is 5.82 Å². The molecule has 7 heteroatoms. The van der Waals surface area contributed by atoms with Gasteiger partial charge in [-0.15, -0.1) is 0 Å². The monoisotopic (exact) mass is 372 g/mol. The van der Waals surface area contributed by atoms with E-state index in [0.717, 1.165) is 37.8 Å². The number of nitrogens with one attached hydrogen (secondary N) is 2. The molecule has 0 atom stereocenters. The topological polar surface area (TPSA) is 48.9 Å². The molecule has 1 rings (SSSR count). The number of aliphatic imine (C=N–C) groups is 1. The Balaban J connectivity index is 2.50. The van der Waals surface area contributed by atoms with E-state index in [9.17, 15) is 4.39 Å². The molecule has 142 valence electrons. The molecule has 0 radical (unpaired) electrons. The smallest absolute Gasteiger partial charge is 0.191 e. The van der Waals surface area contributed by atoms with Gasteiger partial charge in [0.05, 0.1) is 6.61 Å². The second kappa shape index (κ2) is 10.6. The lowest BCUT2D eigenvalue weighted by Gasteiger charge is -2.28. The number of benzene rings is 1. The predicted octanol–water partition coefficient (Wildman–Crippen LogP) is 2.50. The molecule has 0 unspecified atom stereocenters. The number of methoxy groups -OCH3 is 1. The third-order valence-corrected chi connectivity index (χ3v) is 4.36. The SMILES string of the molecule is CN=C(NCCN(C)CCOC)NCC(C)(C)c1ccc(F)cc1Cl. The Bertz CT molecular complexity index is 566. The molecule has 5 nitrogen and oxygen atoms in total. The van der Waals surface area contributed by atoms with Crippen molar-refractivity contribution in [2.75, 3.05) is 54.0 Å². The molecule has 0 aromatic heterocycles. The molecule has 0 aliphatic rings. The minimum Gasteiger partial charge on any atom is -0.383 e. The van der Waals surface area contributed by atoms with Crippen LogP contribution in [0.3, 0.4) is 0 Å². The lowest BCUT2D eigenvalue weighted by molar-refractivity contribution is 0.162. The molecule has 2 N–H and O–H groups in total. The van der Waals surface area contributed by atoms with E-state index in [1.807, 2.05) is 0 Å². The summed E-state index contributed by atoms with van der Waals surface area (Å²) in [7, 11) is 5.49. The fourth-order valence-electron chi connectivity index (χ4n) is 2.38. The van der Waals surface area contributed by atoms with E-state index in [2.05, 4.69) is 41.4 Å². The maximum Gasteiger partial charge on any atom is 0.191 e. The third kappa shape index (κ3) is 7.59. The molecule has 1 aromatic rings. The van der Waals surface area contributed by atoms with Gasteiger partial charge in [-0.1, -0.05) is 31.5 Å². The van der Waals surface area contributed by atoms with Gasteiger partial charge in [-0.25, -0.2) is 4.39 Å². The Morgan fingerprint density at radius 3 is 2.64 bits per heavy atom. The normalized spacial score (nSPS) is 12.6. The van der Waals surface area contributed by atoms with Crippen molar-refractivity contribution in [3.63, 3.8) is 0 Å². The number of likely N-dealkylation sites (N-methyl/N-ethyl adjacent to an activating group) is 1. The summed E-state index contributed by atoms with van der Waals surface area (Å²) in [6, 6.07) is 4.52. The van der Waals surface area contributed by atoms with Crippen molar-refractivity contribution in [3.8, 4) is 0 Å². The standard InChI is InChI=1S/C18H30ClFN4O/c1-18(2,15-7-6-14(20)12-16(15)19)13-23-17(21-3)22-8-9-24(4)10-11-25-5/h6-7,12H,8-11,13H2,1-5H3,(H2,21,22,23). The van der Waals surface area contributed by atoms with Gasteiger partial charge in [-0.05, 0) is 24.7 Å². The molecular formula is C18H30ClFN4O. The molecular weight excluding hydrogens is 343 g/mol. The van der Waals surface area contributed by atoms with Crippen LogP contribution in [0.4, 0.5) is 4.39 Å². The minimum atomic E-state index is -0.326. The summed E-state index contributed by atoms with van der Waals surface area (Å²) in [6.07, 6.45) is 0. The highest BCUT2D eigenvalue weighted by molar-refractivity contribution is 6.31. The van der Waals surface area contributed by atoms with Crippen LogP contribution in [0.25, 0.3) is 0 Å². The zero-order chi connectivity index (χ0) is 18.9. The van der Waals surface area contributed by atoms with E-state index >= 15 is 0 Å². The van der Waals surface area contributed by atoms with Crippen molar-refractivity contribution in [1.82, 2.24) is 15.5 Å². The lowest BCUT2D eigenvalue weighted by atomic mass is 9.84. The first-order valence-electron chi connectivity index (χ1n) is 8.37. The maximum absolute atomic E-state index is 13.2. The number of halogens is 2. The van der Waals surface area contributed by atoms with Crippen molar-refractivity contribution in [3.05, 3.63) is 34.6 Å². The maximum atomic E-state index is 13.2. The summed E-state index contributed by atoms with van der Waals surface area (Å²) in [4.78, 5) is 6.43. The molecule has 0 fully saturated rings. The van der Waals surface area contributed by atoms with Crippen molar-refractivity contribution >= 4 is 17.6 Å². The van der Waals surface area contributed by atoms with Gasteiger partial charge in [-0.3, -0.25) is 4.99 Å². The minimum absolute atomic E-state index is 0.266. The van der Waals surface area contributed by atoms with Gasteiger partial charge in [0.15, 0.2) is 5.96 Å². The Morgan fingerprint density at radius 2 is 2.04 bits per heavy atom. The van der Waals surface area contributed by atoms with Crippen LogP contribution < -0.4 is 10.6 Å². The van der Waals surface area contributed by atoms with Crippen LogP contribution in [-0.2, 0) is 10.2 Å². The fraction of sp³-hybridized carbons (Fsp3) is 0.611. The van der Waals surface area contributed by atoms with Crippen LogP contribution >= 0.6 is 11.6 Å². The Morgan fingerprint density at radius 1 is 1.32 bits per heavy atom. The highest BCUT2D eigenvalue weighted by Gasteiger charge is 2.24. The first-order valence-corrected chi connectivity index (χ1v) is 8.75. The summed E-state index contributed by atoms with van der Waals surface area (Å²) in [6.45, 7) is 8.01. The summed E-state index contributed by atoms with van der Waals surface area (Å²) in [5.74, 6) is 0.402. The van der Waals surface area contributed by atoms with Crippen molar-refractivity contribution < 1.29 is 9.13 Å². The number of hydrogen-bond acceptors (Lipinski definition) is 3. The van der Waals surface area contributed by atoms with Crippen molar-refractivity contribution in [2.45, 2.75) is 19.3 Å². The first kappa shape index (κ1) is 21.7. The molecule has 0 heterocycles. The molecule has 0 aliphatic heterocycles. The average Bonchev–Trinajstić information content (AvgIpc) is 2.55. The predicted molar refractivity (Wildman–Crippen MR) is 103 cm³/mol. The van der Waals surface area contributed by atoms with Gasteiger partial charge in [0, 0.05) is 50.8 Å². The number of ether oxygens (including phenoxy) is 1. The lowest BCUT2D eigenvalue weighted by Crippen LogP contribution is -2.45. The highest BCUT2D eigenvalue weighted by atomic mass is 35.5. The highest BCUT2D eigenvalue weighted by Crippen LogP contribution is 2.29. The molecule has 0 saturated heterocycles. The van der Waals surface area contributed by atoms with Gasteiger partial charge in [0.25, 0.3) is 0 Å². The van der Waals surface area contributed by atoms with Crippen LogP contribution in [0.1, 0.15) is 19.4 Å². The second-order valence-corrected chi connectivity index (χ2v) is 7.06. The third-order valence-electron chi connectivity index (χ3n) is 4.04. The molecule has 0 bridgehead atoms. The van der Waals surface area contributed by atoms with Crippen LogP contribution in [0.5, 0.6) is 0 Å². The van der Waals surface area contributed by atoms with Gasteiger partial charge < -0.3 is 20.3 Å². The zero-order valence-corrected chi connectivity index (χ0v) is 16.6. The van der Waals surface area contributed by atoms with Crippen molar-refractivity contribution in [2.24, 2.45) is 4.99 Å².